The van der Waals surface area contributed by atoms with Crippen LogP contribution in [-0.4, -0.2) is 14.8 Å². The number of hydrogen-bond acceptors (Lipinski definition) is 3. The molecule has 28 heavy (non-hydrogen) atoms. The molecule has 0 atom stereocenters. The lowest BCUT2D eigenvalue weighted by molar-refractivity contribution is 0.307. The normalized spacial score (nSPS) is 12.7. The van der Waals surface area contributed by atoms with Gasteiger partial charge in [-0.2, -0.15) is 0 Å². The zero-order valence-corrected chi connectivity index (χ0v) is 15.6. The maximum atomic E-state index is 6.15. The molecule has 0 fully saturated rings. The first-order valence-corrected chi connectivity index (χ1v) is 9.67. The summed E-state index contributed by atoms with van der Waals surface area (Å²) < 4.78 is 8.37. The van der Waals surface area contributed by atoms with Gasteiger partial charge >= 0.3 is 0 Å². The van der Waals surface area contributed by atoms with Crippen molar-refractivity contribution in [2.75, 3.05) is 0 Å². The molecular weight excluding hydrogens is 346 g/mol. The van der Waals surface area contributed by atoms with E-state index >= 15 is 0 Å². The Bertz CT molecular complexity index is 1080. The summed E-state index contributed by atoms with van der Waals surface area (Å²) in [7, 11) is 0. The van der Waals surface area contributed by atoms with E-state index in [1.807, 2.05) is 36.4 Å². The van der Waals surface area contributed by atoms with E-state index in [4.69, 9.17) is 4.74 Å². The second kappa shape index (κ2) is 7.31. The van der Waals surface area contributed by atoms with Crippen LogP contribution in [0.3, 0.4) is 0 Å². The van der Waals surface area contributed by atoms with E-state index in [-0.39, 0.29) is 0 Å². The fraction of sp³-hybridized carbons (Fsp3) is 0.167. The van der Waals surface area contributed by atoms with Crippen molar-refractivity contribution in [3.63, 3.8) is 0 Å². The Kier molecular flexibility index (Phi) is 4.37. The van der Waals surface area contributed by atoms with Crippen LogP contribution in [-0.2, 0) is 19.6 Å². The third-order valence-electron chi connectivity index (χ3n) is 5.19. The SMILES string of the molecule is c1ccc(-c2ccccc2OCc2ccc(-c3nnc4n3CCC4)cc2)cc1. The van der Waals surface area contributed by atoms with Gasteiger partial charge in [0, 0.05) is 24.1 Å². The lowest BCUT2D eigenvalue weighted by atomic mass is 10.0. The summed E-state index contributed by atoms with van der Waals surface area (Å²) in [5, 5.41) is 8.66. The summed E-state index contributed by atoms with van der Waals surface area (Å²) in [5.41, 5.74) is 4.51. The molecule has 5 rings (SSSR count). The molecule has 4 aromatic rings. The first-order chi connectivity index (χ1) is 13.9. The fourth-order valence-electron chi connectivity index (χ4n) is 3.72. The Labute approximate surface area is 164 Å². The Morgan fingerprint density at radius 2 is 1.57 bits per heavy atom. The zero-order chi connectivity index (χ0) is 18.8. The smallest absolute Gasteiger partial charge is 0.163 e. The van der Waals surface area contributed by atoms with Crippen LogP contribution in [0.1, 0.15) is 17.8 Å². The van der Waals surface area contributed by atoms with Gasteiger partial charge in [-0.05, 0) is 23.6 Å². The Balaban J connectivity index is 1.33. The molecule has 1 aliphatic rings. The molecule has 0 N–H and O–H groups in total. The quantitative estimate of drug-likeness (QED) is 0.490. The van der Waals surface area contributed by atoms with E-state index in [9.17, 15) is 0 Å². The highest BCUT2D eigenvalue weighted by Gasteiger charge is 2.18. The predicted octanol–water partition coefficient (Wildman–Crippen LogP) is 5.14. The molecule has 0 aliphatic carbocycles. The van der Waals surface area contributed by atoms with Crippen molar-refractivity contribution in [1.29, 1.82) is 0 Å². The highest BCUT2D eigenvalue weighted by molar-refractivity contribution is 5.70. The van der Waals surface area contributed by atoms with E-state index in [1.165, 1.54) is 0 Å². The van der Waals surface area contributed by atoms with Gasteiger partial charge in [0.05, 0.1) is 0 Å². The van der Waals surface area contributed by atoms with Gasteiger partial charge in [-0.1, -0.05) is 72.8 Å². The van der Waals surface area contributed by atoms with Crippen LogP contribution in [0.4, 0.5) is 0 Å². The van der Waals surface area contributed by atoms with E-state index in [0.29, 0.717) is 6.61 Å². The Hall–Kier alpha value is -3.40. The maximum absolute atomic E-state index is 6.15. The standard InChI is InChI=1S/C24H21N3O/c1-2-7-19(8-3-1)21-9-4-5-10-22(21)28-17-18-12-14-20(15-13-18)24-26-25-23-11-6-16-27(23)24/h1-5,7-10,12-15H,6,11,16-17H2. The summed E-state index contributed by atoms with van der Waals surface area (Å²) >= 11 is 0. The first-order valence-electron chi connectivity index (χ1n) is 9.67. The second-order valence-electron chi connectivity index (χ2n) is 7.04. The fourth-order valence-corrected chi connectivity index (χ4v) is 3.72. The minimum atomic E-state index is 0.530. The van der Waals surface area contributed by atoms with E-state index in [0.717, 1.165) is 59.0 Å². The molecular formula is C24H21N3O. The summed E-state index contributed by atoms with van der Waals surface area (Å²) in [5.74, 6) is 2.96. The molecule has 0 spiro atoms. The number of ether oxygens (including phenoxy) is 1. The predicted molar refractivity (Wildman–Crippen MR) is 110 cm³/mol. The van der Waals surface area contributed by atoms with Gasteiger partial charge in [0.15, 0.2) is 5.82 Å². The number of aromatic nitrogens is 3. The molecule has 0 amide bonds. The molecule has 1 aromatic heterocycles. The van der Waals surface area contributed by atoms with Crippen LogP contribution in [0, 0.1) is 0 Å². The number of fused-ring (bicyclic) bond motifs is 1. The number of benzene rings is 3. The molecule has 0 saturated heterocycles. The molecule has 138 valence electrons. The summed E-state index contributed by atoms with van der Waals surface area (Å²) in [4.78, 5) is 0. The van der Waals surface area contributed by atoms with Crippen LogP contribution in [0.25, 0.3) is 22.5 Å². The van der Waals surface area contributed by atoms with Crippen molar-refractivity contribution in [2.45, 2.75) is 26.0 Å². The van der Waals surface area contributed by atoms with Crippen LogP contribution in [0.2, 0.25) is 0 Å². The number of rotatable bonds is 5. The minimum absolute atomic E-state index is 0.530. The van der Waals surface area contributed by atoms with Crippen molar-refractivity contribution in [3.8, 4) is 28.3 Å². The van der Waals surface area contributed by atoms with Gasteiger partial charge in [0.1, 0.15) is 18.2 Å². The number of aryl methyl sites for hydroxylation is 1. The molecule has 1 aliphatic heterocycles. The first kappa shape index (κ1) is 16.8. The Morgan fingerprint density at radius 1 is 0.786 bits per heavy atom. The summed E-state index contributed by atoms with van der Waals surface area (Å²) in [6.45, 7) is 1.54. The molecule has 0 bridgehead atoms. The second-order valence-corrected chi connectivity index (χ2v) is 7.04. The van der Waals surface area contributed by atoms with Crippen LogP contribution in [0.5, 0.6) is 5.75 Å². The maximum Gasteiger partial charge on any atom is 0.163 e. The van der Waals surface area contributed by atoms with Crippen molar-refractivity contribution in [3.05, 3.63) is 90.3 Å². The van der Waals surface area contributed by atoms with Gasteiger partial charge in [-0.3, -0.25) is 0 Å². The monoisotopic (exact) mass is 367 g/mol. The molecule has 3 aromatic carbocycles. The van der Waals surface area contributed by atoms with Gasteiger partial charge in [-0.15, -0.1) is 10.2 Å². The van der Waals surface area contributed by atoms with Crippen molar-refractivity contribution < 1.29 is 4.74 Å². The lowest BCUT2D eigenvalue weighted by Gasteiger charge is -2.12. The third kappa shape index (κ3) is 3.18. The van der Waals surface area contributed by atoms with Gasteiger partial charge < -0.3 is 9.30 Å². The van der Waals surface area contributed by atoms with E-state index < -0.39 is 0 Å². The number of nitrogens with zero attached hydrogens (tertiary/aromatic N) is 3. The number of para-hydroxylation sites is 1. The van der Waals surface area contributed by atoms with E-state index in [2.05, 4.69) is 57.2 Å². The van der Waals surface area contributed by atoms with Crippen molar-refractivity contribution in [1.82, 2.24) is 14.8 Å². The minimum Gasteiger partial charge on any atom is -0.488 e. The average Bonchev–Trinajstić information content (AvgIpc) is 3.38. The van der Waals surface area contributed by atoms with Crippen molar-refractivity contribution in [2.24, 2.45) is 0 Å². The molecule has 4 nitrogen and oxygen atoms in total. The van der Waals surface area contributed by atoms with Gasteiger partial charge in [0.2, 0.25) is 0 Å². The van der Waals surface area contributed by atoms with Crippen LogP contribution in [0.15, 0.2) is 78.9 Å². The molecule has 0 saturated carbocycles. The van der Waals surface area contributed by atoms with E-state index in [1.54, 1.807) is 0 Å². The number of hydrogen-bond donors (Lipinski definition) is 0. The lowest BCUT2D eigenvalue weighted by Crippen LogP contribution is -1.98. The largest absolute Gasteiger partial charge is 0.488 e. The molecule has 0 unspecified atom stereocenters. The topological polar surface area (TPSA) is 39.9 Å². The molecule has 4 heteroatoms. The summed E-state index contributed by atoms with van der Waals surface area (Å²) in [6.07, 6.45) is 2.18. The highest BCUT2D eigenvalue weighted by atomic mass is 16.5. The summed E-state index contributed by atoms with van der Waals surface area (Å²) in [6, 6.07) is 26.9. The highest BCUT2D eigenvalue weighted by Crippen LogP contribution is 2.30. The van der Waals surface area contributed by atoms with Crippen molar-refractivity contribution >= 4 is 0 Å². The molecule has 0 radical (unpaired) electrons. The third-order valence-corrected chi connectivity index (χ3v) is 5.19. The average molecular weight is 367 g/mol. The molecule has 2 heterocycles. The van der Waals surface area contributed by atoms with Crippen LogP contribution >= 0.6 is 0 Å². The van der Waals surface area contributed by atoms with Gasteiger partial charge in [0.25, 0.3) is 0 Å². The van der Waals surface area contributed by atoms with Gasteiger partial charge in [-0.25, -0.2) is 0 Å². The Morgan fingerprint density at radius 3 is 2.43 bits per heavy atom. The van der Waals surface area contributed by atoms with Crippen LogP contribution < -0.4 is 4.74 Å². The zero-order valence-electron chi connectivity index (χ0n) is 15.6.